The number of hydrogen-bond acceptors (Lipinski definition) is 2. The maximum Gasteiger partial charge on any atom is 0.246 e. The highest BCUT2D eigenvalue weighted by Gasteiger charge is 2.39. The lowest BCUT2D eigenvalue weighted by molar-refractivity contribution is -0.149. The van der Waals surface area contributed by atoms with Crippen LogP contribution in [0.2, 0.25) is 0 Å². The van der Waals surface area contributed by atoms with Crippen LogP contribution in [0.5, 0.6) is 0 Å². The molecule has 0 spiro atoms. The van der Waals surface area contributed by atoms with E-state index in [0.717, 1.165) is 0 Å². The fraction of sp³-hybridized carbons (Fsp3) is 0.714. The van der Waals surface area contributed by atoms with E-state index in [1.54, 1.807) is 11.8 Å². The van der Waals surface area contributed by atoms with Gasteiger partial charge in [-0.15, -0.1) is 5.92 Å². The Kier molecular flexibility index (Phi) is 5.21. The van der Waals surface area contributed by atoms with Crippen molar-refractivity contribution >= 4 is 11.8 Å². The van der Waals surface area contributed by atoms with E-state index in [2.05, 4.69) is 17.2 Å². The summed E-state index contributed by atoms with van der Waals surface area (Å²) in [6.45, 7) is 8.08. The van der Waals surface area contributed by atoms with Crippen molar-refractivity contribution in [1.82, 2.24) is 10.2 Å². The van der Waals surface area contributed by atoms with Crippen LogP contribution in [0.3, 0.4) is 0 Å². The Morgan fingerprint density at radius 3 is 2.56 bits per heavy atom. The number of carbonyl (C=O) groups is 2. The van der Waals surface area contributed by atoms with Crippen molar-refractivity contribution in [2.24, 2.45) is 5.92 Å². The molecule has 100 valence electrons. The summed E-state index contributed by atoms with van der Waals surface area (Å²) in [6.07, 6.45) is 1.30. The van der Waals surface area contributed by atoms with Crippen molar-refractivity contribution in [3.05, 3.63) is 0 Å². The third kappa shape index (κ3) is 3.25. The van der Waals surface area contributed by atoms with Gasteiger partial charge in [-0.1, -0.05) is 26.7 Å². The van der Waals surface area contributed by atoms with Crippen molar-refractivity contribution < 1.29 is 9.59 Å². The van der Waals surface area contributed by atoms with Gasteiger partial charge in [0.1, 0.15) is 12.1 Å². The second-order valence-corrected chi connectivity index (χ2v) is 5.01. The van der Waals surface area contributed by atoms with Gasteiger partial charge in [0.25, 0.3) is 0 Å². The van der Waals surface area contributed by atoms with Gasteiger partial charge in [0.15, 0.2) is 0 Å². The monoisotopic (exact) mass is 250 g/mol. The zero-order chi connectivity index (χ0) is 13.7. The van der Waals surface area contributed by atoms with Crippen molar-refractivity contribution in [3.8, 4) is 11.8 Å². The van der Waals surface area contributed by atoms with Gasteiger partial charge < -0.3 is 10.2 Å². The molecule has 0 bridgehead atoms. The fourth-order valence-electron chi connectivity index (χ4n) is 2.21. The zero-order valence-corrected chi connectivity index (χ0v) is 11.6. The molecular formula is C14H22N2O2. The Morgan fingerprint density at radius 1 is 1.39 bits per heavy atom. The minimum atomic E-state index is -0.390. The Hall–Kier alpha value is -1.50. The lowest BCUT2D eigenvalue weighted by Crippen LogP contribution is -2.63. The van der Waals surface area contributed by atoms with Crippen molar-refractivity contribution in [1.29, 1.82) is 0 Å². The van der Waals surface area contributed by atoms with E-state index >= 15 is 0 Å². The molecule has 1 aliphatic heterocycles. The smallest absolute Gasteiger partial charge is 0.246 e. The minimum absolute atomic E-state index is 0.00194. The molecule has 1 N–H and O–H groups in total. The summed E-state index contributed by atoms with van der Waals surface area (Å²) in [7, 11) is 0. The van der Waals surface area contributed by atoms with Crippen LogP contribution in [0.15, 0.2) is 0 Å². The Morgan fingerprint density at radius 2 is 2.06 bits per heavy atom. The molecule has 2 unspecified atom stereocenters. The average molecular weight is 250 g/mol. The Labute approximate surface area is 109 Å². The van der Waals surface area contributed by atoms with E-state index in [4.69, 9.17) is 0 Å². The van der Waals surface area contributed by atoms with Crippen LogP contribution >= 0.6 is 0 Å². The summed E-state index contributed by atoms with van der Waals surface area (Å²) in [4.78, 5) is 25.9. The molecule has 1 aliphatic rings. The third-order valence-corrected chi connectivity index (χ3v) is 3.10. The molecule has 2 atom stereocenters. The van der Waals surface area contributed by atoms with Crippen LogP contribution in [0.25, 0.3) is 0 Å². The van der Waals surface area contributed by atoms with E-state index in [-0.39, 0.29) is 23.9 Å². The molecule has 1 heterocycles. The molecule has 0 radical (unpaired) electrons. The molecule has 2 amide bonds. The predicted octanol–water partition coefficient (Wildman–Crippen LogP) is 1.16. The van der Waals surface area contributed by atoms with Gasteiger partial charge in [-0.05, 0) is 25.7 Å². The summed E-state index contributed by atoms with van der Waals surface area (Å²) in [6, 6.07) is -0.763. The molecule has 0 aromatic carbocycles. The maximum atomic E-state index is 12.3. The van der Waals surface area contributed by atoms with Crippen LogP contribution < -0.4 is 5.32 Å². The highest BCUT2D eigenvalue weighted by Crippen LogP contribution is 2.17. The van der Waals surface area contributed by atoms with Gasteiger partial charge >= 0.3 is 0 Å². The van der Waals surface area contributed by atoms with E-state index in [9.17, 15) is 9.59 Å². The molecule has 1 saturated heterocycles. The van der Waals surface area contributed by atoms with Gasteiger partial charge in [-0.3, -0.25) is 9.59 Å². The number of rotatable bonds is 4. The largest absolute Gasteiger partial charge is 0.342 e. The molecule has 0 aliphatic carbocycles. The first-order valence-electron chi connectivity index (χ1n) is 6.51. The van der Waals surface area contributed by atoms with Gasteiger partial charge in [-0.25, -0.2) is 0 Å². The topological polar surface area (TPSA) is 49.4 Å². The predicted molar refractivity (Wildman–Crippen MR) is 70.6 cm³/mol. The third-order valence-electron chi connectivity index (χ3n) is 3.10. The van der Waals surface area contributed by atoms with Crippen LogP contribution in [0.4, 0.5) is 0 Å². The molecule has 0 aromatic heterocycles. The SMILES string of the molecule is CC#CCN1C(=O)C(CC(C)C)NC(=O)C1CC. The Bertz CT molecular complexity index is 379. The van der Waals surface area contributed by atoms with E-state index < -0.39 is 0 Å². The Balaban J connectivity index is 2.88. The average Bonchev–Trinajstić information content (AvgIpc) is 2.30. The molecule has 0 aromatic rings. The minimum Gasteiger partial charge on any atom is -0.342 e. The van der Waals surface area contributed by atoms with Crippen LogP contribution in [-0.4, -0.2) is 35.3 Å². The number of piperazine rings is 1. The van der Waals surface area contributed by atoms with Gasteiger partial charge in [-0.2, -0.15) is 0 Å². The van der Waals surface area contributed by atoms with Crippen molar-refractivity contribution in [2.45, 2.75) is 52.6 Å². The van der Waals surface area contributed by atoms with Gasteiger partial charge in [0, 0.05) is 0 Å². The number of nitrogens with one attached hydrogen (secondary N) is 1. The highest BCUT2D eigenvalue weighted by atomic mass is 16.2. The summed E-state index contributed by atoms with van der Waals surface area (Å²) >= 11 is 0. The number of amides is 2. The van der Waals surface area contributed by atoms with Crippen LogP contribution in [-0.2, 0) is 9.59 Å². The molecule has 0 saturated carbocycles. The first-order chi connectivity index (χ1) is 8.51. The molecule has 1 fully saturated rings. The van der Waals surface area contributed by atoms with Crippen LogP contribution in [0.1, 0.15) is 40.5 Å². The second kappa shape index (κ2) is 6.44. The zero-order valence-electron chi connectivity index (χ0n) is 11.6. The maximum absolute atomic E-state index is 12.3. The number of hydrogen-bond donors (Lipinski definition) is 1. The fourth-order valence-corrected chi connectivity index (χ4v) is 2.21. The quantitative estimate of drug-likeness (QED) is 0.761. The van der Waals surface area contributed by atoms with Crippen LogP contribution in [0, 0.1) is 17.8 Å². The summed E-state index contributed by atoms with van der Waals surface area (Å²) in [5, 5.41) is 2.83. The van der Waals surface area contributed by atoms with Crippen molar-refractivity contribution in [3.63, 3.8) is 0 Å². The first kappa shape index (κ1) is 14.6. The van der Waals surface area contributed by atoms with Gasteiger partial charge in [0.05, 0.1) is 6.54 Å². The summed E-state index contributed by atoms with van der Waals surface area (Å²) in [5.74, 6) is 5.97. The molecule has 1 rings (SSSR count). The lowest BCUT2D eigenvalue weighted by Gasteiger charge is -2.38. The molecule has 4 heteroatoms. The van der Waals surface area contributed by atoms with Crippen molar-refractivity contribution in [2.75, 3.05) is 6.54 Å². The van der Waals surface area contributed by atoms with Gasteiger partial charge in [0.2, 0.25) is 11.8 Å². The second-order valence-electron chi connectivity index (χ2n) is 5.01. The summed E-state index contributed by atoms with van der Waals surface area (Å²) < 4.78 is 0. The standard InChI is InChI=1S/C14H22N2O2/c1-5-7-8-16-12(6-2)13(17)15-11(14(16)18)9-10(3)4/h10-12H,6,8-9H2,1-4H3,(H,15,17). The molecule has 4 nitrogen and oxygen atoms in total. The first-order valence-corrected chi connectivity index (χ1v) is 6.51. The number of carbonyl (C=O) groups excluding carboxylic acids is 2. The van der Waals surface area contributed by atoms with E-state index in [1.165, 1.54) is 0 Å². The summed E-state index contributed by atoms with van der Waals surface area (Å²) in [5.41, 5.74) is 0. The molecule has 18 heavy (non-hydrogen) atoms. The number of nitrogens with zero attached hydrogens (tertiary/aromatic N) is 1. The molecular weight excluding hydrogens is 228 g/mol. The highest BCUT2D eigenvalue weighted by molar-refractivity contribution is 5.97. The normalized spacial score (nSPS) is 23.7. The lowest BCUT2D eigenvalue weighted by atomic mass is 9.97. The van der Waals surface area contributed by atoms with E-state index in [1.807, 2.05) is 20.8 Å². The van der Waals surface area contributed by atoms with E-state index in [0.29, 0.717) is 25.3 Å².